The maximum Gasteiger partial charge on any atom is 0.194 e. The molecule has 1 fully saturated rings. The number of rotatable bonds is 7. The van der Waals surface area contributed by atoms with E-state index in [4.69, 9.17) is 9.47 Å². The SMILES string of the molecule is COc1ccccc1N1CCN(CCOc2ccc(-c3cn4ccsc4n3)cc2)CC1. The summed E-state index contributed by atoms with van der Waals surface area (Å²) < 4.78 is 13.6. The summed E-state index contributed by atoms with van der Waals surface area (Å²) in [5, 5.41) is 2.04. The molecule has 0 aliphatic carbocycles. The normalized spacial score (nSPS) is 14.8. The van der Waals surface area contributed by atoms with E-state index in [9.17, 15) is 0 Å². The van der Waals surface area contributed by atoms with Crippen molar-refractivity contribution in [1.29, 1.82) is 0 Å². The largest absolute Gasteiger partial charge is 0.495 e. The van der Waals surface area contributed by atoms with Crippen molar-refractivity contribution in [3.63, 3.8) is 0 Å². The van der Waals surface area contributed by atoms with Crippen molar-refractivity contribution in [3.05, 3.63) is 66.3 Å². The average molecular weight is 435 g/mol. The number of aromatic nitrogens is 2. The summed E-state index contributed by atoms with van der Waals surface area (Å²) in [6, 6.07) is 16.5. The smallest absolute Gasteiger partial charge is 0.194 e. The quantitative estimate of drug-likeness (QED) is 0.435. The third-order valence-corrected chi connectivity index (χ3v) is 6.49. The zero-order valence-corrected chi connectivity index (χ0v) is 18.4. The Labute approximate surface area is 186 Å². The number of benzene rings is 2. The molecule has 0 radical (unpaired) electrons. The highest BCUT2D eigenvalue weighted by Gasteiger charge is 2.19. The van der Waals surface area contributed by atoms with Gasteiger partial charge >= 0.3 is 0 Å². The highest BCUT2D eigenvalue weighted by atomic mass is 32.1. The Morgan fingerprint density at radius 1 is 1.00 bits per heavy atom. The van der Waals surface area contributed by atoms with Crippen LogP contribution in [0.2, 0.25) is 0 Å². The molecule has 0 amide bonds. The zero-order chi connectivity index (χ0) is 21.0. The fourth-order valence-electron chi connectivity index (χ4n) is 3.98. The molecular weight excluding hydrogens is 408 g/mol. The van der Waals surface area contributed by atoms with Gasteiger partial charge in [0.15, 0.2) is 4.96 Å². The molecule has 0 unspecified atom stereocenters. The molecule has 0 bridgehead atoms. The molecule has 1 aliphatic rings. The highest BCUT2D eigenvalue weighted by molar-refractivity contribution is 7.15. The standard InChI is InChI=1S/C24H26N4O2S/c1-29-23-5-3-2-4-22(23)27-12-10-26(11-13-27)14-16-30-20-8-6-19(7-9-20)21-18-28-15-17-31-24(28)25-21/h2-9,15,17-18H,10-14,16H2,1H3. The molecule has 2 aromatic carbocycles. The topological polar surface area (TPSA) is 42.2 Å². The van der Waals surface area contributed by atoms with Crippen LogP contribution in [0.1, 0.15) is 0 Å². The van der Waals surface area contributed by atoms with E-state index in [1.807, 2.05) is 35.8 Å². The van der Waals surface area contributed by atoms with Crippen LogP contribution in [0.3, 0.4) is 0 Å². The van der Waals surface area contributed by atoms with E-state index in [1.165, 1.54) is 5.69 Å². The molecule has 4 aromatic rings. The van der Waals surface area contributed by atoms with Crippen molar-refractivity contribution >= 4 is 22.0 Å². The van der Waals surface area contributed by atoms with E-state index in [0.29, 0.717) is 6.61 Å². The number of fused-ring (bicyclic) bond motifs is 1. The lowest BCUT2D eigenvalue weighted by Gasteiger charge is -2.36. The molecule has 0 saturated carbocycles. The molecule has 0 spiro atoms. The Hall–Kier alpha value is -3.03. The second kappa shape index (κ2) is 8.99. The van der Waals surface area contributed by atoms with Gasteiger partial charge in [0.05, 0.1) is 18.5 Å². The van der Waals surface area contributed by atoms with Gasteiger partial charge in [0, 0.05) is 56.1 Å². The minimum absolute atomic E-state index is 0.689. The number of piperazine rings is 1. The Morgan fingerprint density at radius 2 is 1.81 bits per heavy atom. The van der Waals surface area contributed by atoms with Crippen molar-refractivity contribution in [2.75, 3.05) is 51.3 Å². The van der Waals surface area contributed by atoms with Crippen LogP contribution in [-0.4, -0.2) is 60.7 Å². The van der Waals surface area contributed by atoms with Crippen LogP contribution in [-0.2, 0) is 0 Å². The van der Waals surface area contributed by atoms with E-state index < -0.39 is 0 Å². The summed E-state index contributed by atoms with van der Waals surface area (Å²) in [7, 11) is 1.73. The predicted molar refractivity (Wildman–Crippen MR) is 126 cm³/mol. The third-order valence-electron chi connectivity index (χ3n) is 5.72. The third kappa shape index (κ3) is 4.38. The predicted octanol–water partition coefficient (Wildman–Crippen LogP) is 4.27. The van der Waals surface area contributed by atoms with Gasteiger partial charge in [-0.3, -0.25) is 9.30 Å². The van der Waals surface area contributed by atoms with Crippen LogP contribution in [0, 0.1) is 0 Å². The van der Waals surface area contributed by atoms with Crippen LogP contribution in [0.5, 0.6) is 11.5 Å². The van der Waals surface area contributed by atoms with Crippen LogP contribution in [0.4, 0.5) is 5.69 Å². The Kier molecular flexibility index (Phi) is 5.78. The van der Waals surface area contributed by atoms with Gasteiger partial charge in [0.2, 0.25) is 0 Å². The van der Waals surface area contributed by atoms with Gasteiger partial charge in [-0.25, -0.2) is 4.98 Å². The Morgan fingerprint density at radius 3 is 2.58 bits per heavy atom. The number of anilines is 1. The molecule has 1 aliphatic heterocycles. The van der Waals surface area contributed by atoms with Crippen LogP contribution in [0.25, 0.3) is 16.2 Å². The molecule has 3 heterocycles. The van der Waals surface area contributed by atoms with Crippen molar-refractivity contribution in [1.82, 2.24) is 14.3 Å². The molecule has 1 saturated heterocycles. The van der Waals surface area contributed by atoms with Gasteiger partial charge in [0.1, 0.15) is 18.1 Å². The van der Waals surface area contributed by atoms with Gasteiger partial charge in [-0.2, -0.15) is 0 Å². The first-order valence-electron chi connectivity index (χ1n) is 10.6. The molecule has 5 rings (SSSR count). The van der Waals surface area contributed by atoms with E-state index in [-0.39, 0.29) is 0 Å². The monoisotopic (exact) mass is 434 g/mol. The molecule has 0 atom stereocenters. The summed E-state index contributed by atoms with van der Waals surface area (Å²) in [6.45, 7) is 5.66. The molecule has 160 valence electrons. The Balaban J connectivity index is 1.10. The number of para-hydroxylation sites is 2. The van der Waals surface area contributed by atoms with Crippen molar-refractivity contribution < 1.29 is 9.47 Å². The summed E-state index contributed by atoms with van der Waals surface area (Å²) in [4.78, 5) is 10.5. The van der Waals surface area contributed by atoms with E-state index >= 15 is 0 Å². The lowest BCUT2D eigenvalue weighted by molar-refractivity contribution is 0.200. The molecular formula is C24H26N4O2S. The number of nitrogens with zero attached hydrogens (tertiary/aromatic N) is 4. The minimum atomic E-state index is 0.689. The van der Waals surface area contributed by atoms with Crippen LogP contribution < -0.4 is 14.4 Å². The second-order valence-electron chi connectivity index (χ2n) is 7.59. The molecule has 0 N–H and O–H groups in total. The molecule has 31 heavy (non-hydrogen) atoms. The maximum atomic E-state index is 5.99. The van der Waals surface area contributed by atoms with Crippen LogP contribution >= 0.6 is 11.3 Å². The lowest BCUT2D eigenvalue weighted by atomic mass is 10.2. The maximum absolute atomic E-state index is 5.99. The first-order chi connectivity index (χ1) is 15.3. The van der Waals surface area contributed by atoms with Gasteiger partial charge in [0.25, 0.3) is 0 Å². The van der Waals surface area contributed by atoms with Gasteiger partial charge in [-0.15, -0.1) is 11.3 Å². The number of ether oxygens (including phenoxy) is 2. The van der Waals surface area contributed by atoms with Gasteiger partial charge in [-0.1, -0.05) is 12.1 Å². The number of methoxy groups -OCH3 is 1. The molecule has 2 aromatic heterocycles. The van der Waals surface area contributed by atoms with Gasteiger partial charge in [-0.05, 0) is 36.4 Å². The van der Waals surface area contributed by atoms with E-state index in [0.717, 1.165) is 60.4 Å². The number of hydrogen-bond acceptors (Lipinski definition) is 6. The van der Waals surface area contributed by atoms with Crippen molar-refractivity contribution in [2.24, 2.45) is 0 Å². The summed E-state index contributed by atoms with van der Waals surface area (Å²) >= 11 is 1.64. The molecule has 6 nitrogen and oxygen atoms in total. The van der Waals surface area contributed by atoms with Crippen molar-refractivity contribution in [3.8, 4) is 22.8 Å². The minimum Gasteiger partial charge on any atom is -0.495 e. The Bertz CT molecular complexity index is 1100. The fourth-order valence-corrected chi connectivity index (χ4v) is 4.68. The van der Waals surface area contributed by atoms with Gasteiger partial charge < -0.3 is 14.4 Å². The lowest BCUT2D eigenvalue weighted by Crippen LogP contribution is -2.47. The average Bonchev–Trinajstić information content (AvgIpc) is 3.43. The fraction of sp³-hybridized carbons (Fsp3) is 0.292. The van der Waals surface area contributed by atoms with Crippen LogP contribution in [0.15, 0.2) is 66.3 Å². The molecule has 7 heteroatoms. The number of hydrogen-bond donors (Lipinski definition) is 0. The van der Waals surface area contributed by atoms with Crippen molar-refractivity contribution in [2.45, 2.75) is 0 Å². The summed E-state index contributed by atoms with van der Waals surface area (Å²) in [5.74, 6) is 1.84. The summed E-state index contributed by atoms with van der Waals surface area (Å²) in [5.41, 5.74) is 3.28. The second-order valence-corrected chi connectivity index (χ2v) is 8.47. The first kappa shape index (κ1) is 19.9. The first-order valence-corrected chi connectivity index (χ1v) is 11.4. The highest BCUT2D eigenvalue weighted by Crippen LogP contribution is 2.28. The number of thiazole rings is 1. The van der Waals surface area contributed by atoms with E-state index in [1.54, 1.807) is 18.4 Å². The summed E-state index contributed by atoms with van der Waals surface area (Å²) in [6.07, 6.45) is 4.09. The zero-order valence-electron chi connectivity index (χ0n) is 17.6. The van der Waals surface area contributed by atoms with E-state index in [2.05, 4.69) is 49.6 Å². The number of imidazole rings is 1.